The highest BCUT2D eigenvalue weighted by atomic mass is 16.3. The van der Waals surface area contributed by atoms with Crippen LogP contribution in [0.5, 0.6) is 0 Å². The number of nitrogens with zero attached hydrogens (tertiary/aromatic N) is 2. The first-order valence-corrected chi connectivity index (χ1v) is 18.8. The van der Waals surface area contributed by atoms with E-state index in [4.69, 9.17) is 4.42 Å². The van der Waals surface area contributed by atoms with Crippen molar-refractivity contribution >= 4 is 71.6 Å². The van der Waals surface area contributed by atoms with Crippen molar-refractivity contribution in [1.82, 2.24) is 4.57 Å². The third-order valence-corrected chi connectivity index (χ3v) is 11.0. The van der Waals surface area contributed by atoms with Crippen LogP contribution in [0.3, 0.4) is 0 Å². The number of benzene rings is 9. The van der Waals surface area contributed by atoms with Crippen molar-refractivity contribution in [2.24, 2.45) is 0 Å². The highest BCUT2D eigenvalue weighted by Crippen LogP contribution is 2.48. The molecule has 2 heterocycles. The molecule has 11 rings (SSSR count). The zero-order valence-electron chi connectivity index (χ0n) is 29.9. The molecule has 258 valence electrons. The van der Waals surface area contributed by atoms with Crippen LogP contribution in [-0.2, 0) is 0 Å². The fraction of sp³-hybridized carbons (Fsp3) is 0. The summed E-state index contributed by atoms with van der Waals surface area (Å²) < 4.78 is 9.44. The van der Waals surface area contributed by atoms with E-state index in [9.17, 15) is 0 Å². The van der Waals surface area contributed by atoms with Crippen LogP contribution >= 0.6 is 0 Å². The second kappa shape index (κ2) is 12.6. The van der Waals surface area contributed by atoms with Crippen molar-refractivity contribution in [3.8, 4) is 27.9 Å². The summed E-state index contributed by atoms with van der Waals surface area (Å²) in [5.41, 5.74) is 13.0. The highest BCUT2D eigenvalue weighted by Gasteiger charge is 2.24. The lowest BCUT2D eigenvalue weighted by atomic mass is 9.95. The molecule has 11 aromatic rings. The van der Waals surface area contributed by atoms with Crippen molar-refractivity contribution in [3.63, 3.8) is 0 Å². The summed E-state index contributed by atoms with van der Waals surface area (Å²) >= 11 is 0. The monoisotopic (exact) mass is 702 g/mol. The molecule has 0 unspecified atom stereocenters. The van der Waals surface area contributed by atoms with Crippen molar-refractivity contribution in [1.29, 1.82) is 0 Å². The van der Waals surface area contributed by atoms with Crippen LogP contribution in [0, 0.1) is 0 Å². The zero-order chi connectivity index (χ0) is 36.3. The quantitative estimate of drug-likeness (QED) is 0.172. The van der Waals surface area contributed by atoms with Crippen molar-refractivity contribution in [2.75, 3.05) is 4.90 Å². The first-order chi connectivity index (χ1) is 27.3. The summed E-state index contributed by atoms with van der Waals surface area (Å²) in [7, 11) is 0. The second-order valence-electron chi connectivity index (χ2n) is 14.1. The summed E-state index contributed by atoms with van der Waals surface area (Å²) in [5, 5.41) is 7.06. The molecule has 0 fully saturated rings. The minimum Gasteiger partial charge on any atom is -0.454 e. The molecule has 0 saturated heterocycles. The van der Waals surface area contributed by atoms with Crippen LogP contribution in [0.15, 0.2) is 211 Å². The number of rotatable bonds is 6. The standard InChI is InChI=1S/C52H34N2O/c1-4-14-35(15-5-1)36-24-28-41(29-25-36)53(39-17-6-2-7-18-39)47-32-31-43(51-50-42-21-11-10-16-37(42)27-33-49(50)55-52(47)51)38-26-30-45-44-22-12-13-23-46(44)54(48(45)34-38)40-19-8-3-9-20-40/h1-34H. The van der Waals surface area contributed by atoms with Gasteiger partial charge in [0.1, 0.15) is 5.58 Å². The Hall–Kier alpha value is -7.36. The van der Waals surface area contributed by atoms with Gasteiger partial charge in [0.25, 0.3) is 0 Å². The van der Waals surface area contributed by atoms with E-state index in [-0.39, 0.29) is 0 Å². The van der Waals surface area contributed by atoms with Gasteiger partial charge in [0, 0.05) is 38.6 Å². The first-order valence-electron chi connectivity index (χ1n) is 18.8. The molecule has 0 spiro atoms. The topological polar surface area (TPSA) is 21.3 Å². The fourth-order valence-corrected chi connectivity index (χ4v) is 8.48. The Morgan fingerprint density at radius 2 is 1.02 bits per heavy atom. The fourth-order valence-electron chi connectivity index (χ4n) is 8.48. The van der Waals surface area contributed by atoms with E-state index in [1.54, 1.807) is 0 Å². The molecule has 0 radical (unpaired) electrons. The number of hydrogen-bond donors (Lipinski definition) is 0. The van der Waals surface area contributed by atoms with Crippen molar-refractivity contribution in [3.05, 3.63) is 206 Å². The molecular weight excluding hydrogens is 669 g/mol. The highest BCUT2D eigenvalue weighted by molar-refractivity contribution is 6.25. The molecular formula is C52H34N2O. The Bertz CT molecular complexity index is 3180. The third kappa shape index (κ3) is 5.05. The van der Waals surface area contributed by atoms with E-state index in [2.05, 4.69) is 216 Å². The summed E-state index contributed by atoms with van der Waals surface area (Å²) in [6.07, 6.45) is 0. The Kier molecular flexibility index (Phi) is 7.17. The molecule has 55 heavy (non-hydrogen) atoms. The normalized spacial score (nSPS) is 11.6. The van der Waals surface area contributed by atoms with E-state index in [1.165, 1.54) is 43.7 Å². The minimum absolute atomic E-state index is 0.851. The molecule has 0 aliphatic heterocycles. The van der Waals surface area contributed by atoms with Gasteiger partial charge in [0.15, 0.2) is 5.58 Å². The number of para-hydroxylation sites is 3. The average Bonchev–Trinajstić information content (AvgIpc) is 3.82. The molecule has 2 aromatic heterocycles. The predicted octanol–water partition coefficient (Wildman–Crippen LogP) is 14.6. The van der Waals surface area contributed by atoms with E-state index >= 15 is 0 Å². The zero-order valence-corrected chi connectivity index (χ0v) is 29.9. The van der Waals surface area contributed by atoms with Gasteiger partial charge in [0.05, 0.1) is 16.7 Å². The van der Waals surface area contributed by atoms with Crippen LogP contribution in [0.2, 0.25) is 0 Å². The summed E-state index contributed by atoms with van der Waals surface area (Å²) in [4.78, 5) is 2.32. The van der Waals surface area contributed by atoms with Crippen LogP contribution in [0.4, 0.5) is 17.1 Å². The molecule has 0 aliphatic carbocycles. The molecule has 0 aliphatic rings. The molecule has 0 bridgehead atoms. The lowest BCUT2D eigenvalue weighted by molar-refractivity contribution is 0.669. The number of hydrogen-bond acceptors (Lipinski definition) is 2. The lowest BCUT2D eigenvalue weighted by Crippen LogP contribution is -2.10. The minimum atomic E-state index is 0.851. The van der Waals surface area contributed by atoms with E-state index < -0.39 is 0 Å². The van der Waals surface area contributed by atoms with E-state index in [0.29, 0.717) is 0 Å². The SMILES string of the molecule is c1ccc(-c2ccc(N(c3ccccc3)c3ccc(-c4ccc5c6ccccc6n(-c6ccccc6)c5c4)c4c3oc3ccc5ccccc5c34)cc2)cc1. The van der Waals surface area contributed by atoms with E-state index in [0.717, 1.165) is 55.8 Å². The molecule has 3 heteroatoms. The molecule has 9 aromatic carbocycles. The molecule has 3 nitrogen and oxygen atoms in total. The molecule has 0 saturated carbocycles. The van der Waals surface area contributed by atoms with Gasteiger partial charge in [-0.15, -0.1) is 0 Å². The summed E-state index contributed by atoms with van der Waals surface area (Å²) in [6, 6.07) is 73.7. The van der Waals surface area contributed by atoms with Gasteiger partial charge in [-0.05, 0) is 93.7 Å². The molecule has 0 amide bonds. The summed E-state index contributed by atoms with van der Waals surface area (Å²) in [5.74, 6) is 0. The van der Waals surface area contributed by atoms with Crippen LogP contribution in [0.1, 0.15) is 0 Å². The number of anilines is 3. The van der Waals surface area contributed by atoms with Crippen molar-refractivity contribution < 1.29 is 4.42 Å². The van der Waals surface area contributed by atoms with E-state index in [1.807, 2.05) is 0 Å². The van der Waals surface area contributed by atoms with Gasteiger partial charge in [-0.2, -0.15) is 0 Å². The van der Waals surface area contributed by atoms with Gasteiger partial charge < -0.3 is 13.9 Å². The Morgan fingerprint density at radius 1 is 0.400 bits per heavy atom. The average molecular weight is 703 g/mol. The Balaban J connectivity index is 1.19. The Labute approximate surface area is 318 Å². The predicted molar refractivity (Wildman–Crippen MR) is 231 cm³/mol. The van der Waals surface area contributed by atoms with Gasteiger partial charge >= 0.3 is 0 Å². The molecule has 0 atom stereocenters. The van der Waals surface area contributed by atoms with Crippen LogP contribution in [-0.4, -0.2) is 4.57 Å². The summed E-state index contributed by atoms with van der Waals surface area (Å²) in [6.45, 7) is 0. The van der Waals surface area contributed by atoms with Gasteiger partial charge in [-0.1, -0.05) is 146 Å². The maximum atomic E-state index is 7.05. The van der Waals surface area contributed by atoms with Crippen LogP contribution in [0.25, 0.3) is 82.5 Å². The maximum absolute atomic E-state index is 7.05. The third-order valence-electron chi connectivity index (χ3n) is 11.0. The first kappa shape index (κ1) is 31.2. The maximum Gasteiger partial charge on any atom is 0.160 e. The number of furan rings is 1. The lowest BCUT2D eigenvalue weighted by Gasteiger charge is -2.26. The van der Waals surface area contributed by atoms with Gasteiger partial charge in [-0.25, -0.2) is 0 Å². The van der Waals surface area contributed by atoms with Crippen LogP contribution < -0.4 is 4.90 Å². The largest absolute Gasteiger partial charge is 0.454 e. The van der Waals surface area contributed by atoms with Gasteiger partial charge in [-0.3, -0.25) is 0 Å². The Morgan fingerprint density at radius 3 is 1.82 bits per heavy atom. The van der Waals surface area contributed by atoms with Crippen molar-refractivity contribution in [2.45, 2.75) is 0 Å². The molecule has 0 N–H and O–H groups in total. The van der Waals surface area contributed by atoms with Gasteiger partial charge in [0.2, 0.25) is 0 Å². The number of aromatic nitrogens is 1. The smallest absolute Gasteiger partial charge is 0.160 e. The second-order valence-corrected chi connectivity index (χ2v) is 14.1. The number of fused-ring (bicyclic) bond motifs is 8.